The number of nitrogens with zero attached hydrogens (tertiary/aromatic N) is 3. The molecule has 2 aromatic carbocycles. The minimum atomic E-state index is -4.85. The second-order valence-corrected chi connectivity index (χ2v) is 9.57. The molecule has 0 spiro atoms. The average molecular weight is 566 g/mol. The summed E-state index contributed by atoms with van der Waals surface area (Å²) in [5.41, 5.74) is 0.587. The molecule has 1 aliphatic rings. The number of rotatable bonds is 8. The molecular weight excluding hydrogens is 539 g/mol. The third-order valence-electron chi connectivity index (χ3n) is 6.83. The summed E-state index contributed by atoms with van der Waals surface area (Å²) in [5.74, 6) is -1.25. The van der Waals surface area contributed by atoms with Crippen LogP contribution in [0.4, 0.5) is 19.2 Å². The van der Waals surface area contributed by atoms with Gasteiger partial charge >= 0.3 is 12.1 Å². The highest BCUT2D eigenvalue weighted by Crippen LogP contribution is 2.36. The van der Waals surface area contributed by atoms with E-state index in [1.807, 2.05) is 30.3 Å². The molecule has 11 heteroatoms. The summed E-state index contributed by atoms with van der Waals surface area (Å²) in [6, 6.07) is 19.0. The number of carbonyl (C=O) groups excluding carboxylic acids is 2. The van der Waals surface area contributed by atoms with Crippen LogP contribution in [-0.2, 0) is 17.3 Å². The molecule has 0 unspecified atom stereocenters. The van der Waals surface area contributed by atoms with Crippen molar-refractivity contribution in [2.45, 2.75) is 31.4 Å². The number of hydrogen-bond acceptors (Lipinski definition) is 8. The number of halogens is 3. The molecule has 1 fully saturated rings. The number of oxazole rings is 1. The van der Waals surface area contributed by atoms with E-state index in [0.29, 0.717) is 35.9 Å². The van der Waals surface area contributed by atoms with Crippen LogP contribution in [0.25, 0.3) is 0 Å². The van der Waals surface area contributed by atoms with Gasteiger partial charge in [0.2, 0.25) is 17.4 Å². The lowest BCUT2D eigenvalue weighted by Gasteiger charge is -2.31. The van der Waals surface area contributed by atoms with Crippen molar-refractivity contribution < 1.29 is 36.7 Å². The van der Waals surface area contributed by atoms with Gasteiger partial charge in [0, 0.05) is 31.8 Å². The van der Waals surface area contributed by atoms with Crippen molar-refractivity contribution in [3.05, 3.63) is 101 Å². The lowest BCUT2D eigenvalue weighted by molar-refractivity contribution is -0.141. The second-order valence-electron chi connectivity index (χ2n) is 9.57. The lowest BCUT2D eigenvalue weighted by atomic mass is 9.90. The van der Waals surface area contributed by atoms with E-state index in [2.05, 4.69) is 14.7 Å². The van der Waals surface area contributed by atoms with Gasteiger partial charge in [-0.3, -0.25) is 4.79 Å². The van der Waals surface area contributed by atoms with Gasteiger partial charge in [-0.2, -0.15) is 18.2 Å². The van der Waals surface area contributed by atoms with Gasteiger partial charge in [0.1, 0.15) is 5.75 Å². The topological polar surface area (TPSA) is 94.8 Å². The second kappa shape index (κ2) is 11.8. The zero-order valence-electron chi connectivity index (χ0n) is 22.1. The molecule has 0 radical (unpaired) electrons. The Morgan fingerprint density at radius 3 is 2.32 bits per heavy atom. The molecule has 0 amide bonds. The Morgan fingerprint density at radius 1 is 1.00 bits per heavy atom. The van der Waals surface area contributed by atoms with Crippen LogP contribution in [0.1, 0.15) is 56.5 Å². The third-order valence-corrected chi connectivity index (χ3v) is 6.83. The number of alkyl halides is 3. The molecule has 1 saturated heterocycles. The molecule has 41 heavy (non-hydrogen) atoms. The first kappa shape index (κ1) is 27.9. The highest BCUT2D eigenvalue weighted by molar-refractivity contribution is 5.96. The number of Topliss-reactive ketones (excluding diaryl/α,β-unsaturated/α-hetero) is 1. The van der Waals surface area contributed by atoms with Crippen molar-refractivity contribution in [1.29, 1.82) is 0 Å². The van der Waals surface area contributed by atoms with E-state index >= 15 is 0 Å². The highest BCUT2D eigenvalue weighted by Gasteiger charge is 2.42. The molecule has 0 saturated carbocycles. The van der Waals surface area contributed by atoms with Gasteiger partial charge in [0.05, 0.1) is 12.7 Å². The number of esters is 1. The van der Waals surface area contributed by atoms with E-state index in [-0.39, 0.29) is 18.3 Å². The van der Waals surface area contributed by atoms with Crippen LogP contribution in [0.5, 0.6) is 11.6 Å². The van der Waals surface area contributed by atoms with Crippen molar-refractivity contribution in [3.63, 3.8) is 0 Å². The number of pyridine rings is 1. The smallest absolute Gasteiger partial charge is 0.437 e. The van der Waals surface area contributed by atoms with Crippen molar-refractivity contribution in [3.8, 4) is 11.6 Å². The zero-order valence-corrected chi connectivity index (χ0v) is 22.1. The molecule has 0 atom stereocenters. The molecule has 2 aromatic heterocycles. The van der Waals surface area contributed by atoms with Gasteiger partial charge in [-0.15, -0.1) is 0 Å². The summed E-state index contributed by atoms with van der Waals surface area (Å²) in [5, 5.41) is 0. The Labute approximate surface area is 233 Å². The van der Waals surface area contributed by atoms with E-state index in [4.69, 9.17) is 9.15 Å². The summed E-state index contributed by atoms with van der Waals surface area (Å²) >= 11 is 0. The molecule has 0 N–H and O–H groups in total. The fourth-order valence-corrected chi connectivity index (χ4v) is 4.69. The number of aromatic nitrogens is 2. The Morgan fingerprint density at radius 2 is 1.71 bits per heavy atom. The fourth-order valence-electron chi connectivity index (χ4n) is 4.69. The van der Waals surface area contributed by atoms with Crippen molar-refractivity contribution in [2.24, 2.45) is 0 Å². The monoisotopic (exact) mass is 565 g/mol. The SMILES string of the molecule is COC(=O)c1ccc(Oc2ccc(CC(=O)c3oc(N4CCC(c5ccccc5)CC4)nc3C(F)(F)F)cn2)cc1. The molecule has 212 valence electrons. The highest BCUT2D eigenvalue weighted by atomic mass is 19.4. The van der Waals surface area contributed by atoms with Crippen LogP contribution in [0.3, 0.4) is 0 Å². The summed E-state index contributed by atoms with van der Waals surface area (Å²) in [6.45, 7) is 0.920. The van der Waals surface area contributed by atoms with Crippen molar-refractivity contribution >= 4 is 17.8 Å². The number of ether oxygens (including phenoxy) is 2. The molecule has 0 aliphatic carbocycles. The predicted octanol–water partition coefficient (Wildman–Crippen LogP) is 6.48. The summed E-state index contributed by atoms with van der Waals surface area (Å²) < 4.78 is 57.2. The lowest BCUT2D eigenvalue weighted by Crippen LogP contribution is -2.33. The molecule has 0 bridgehead atoms. The van der Waals surface area contributed by atoms with Crippen LogP contribution < -0.4 is 9.64 Å². The quantitative estimate of drug-likeness (QED) is 0.177. The van der Waals surface area contributed by atoms with Crippen LogP contribution >= 0.6 is 0 Å². The van der Waals surface area contributed by atoms with Crippen LogP contribution in [0, 0.1) is 0 Å². The maximum absolute atomic E-state index is 13.8. The van der Waals surface area contributed by atoms with E-state index in [9.17, 15) is 22.8 Å². The van der Waals surface area contributed by atoms with Crippen LogP contribution in [0.15, 0.2) is 77.3 Å². The number of methoxy groups -OCH3 is 1. The Bertz CT molecular complexity index is 1500. The Hall–Kier alpha value is -4.67. The van der Waals surface area contributed by atoms with Gasteiger partial charge in [0.15, 0.2) is 5.69 Å². The minimum Gasteiger partial charge on any atom is -0.465 e. The van der Waals surface area contributed by atoms with Gasteiger partial charge < -0.3 is 18.8 Å². The maximum Gasteiger partial charge on any atom is 0.437 e. The van der Waals surface area contributed by atoms with Gasteiger partial charge in [-0.25, -0.2) is 9.78 Å². The Balaban J connectivity index is 1.25. The van der Waals surface area contributed by atoms with E-state index in [1.54, 1.807) is 17.0 Å². The standard InChI is InChI=1S/C30H26F3N3O5/c1-39-28(38)22-8-10-23(11-9-22)40-25-12-7-19(18-34-25)17-24(37)26-27(30(31,32)33)35-29(41-26)36-15-13-21(14-16-36)20-5-3-2-4-6-20/h2-12,18,21H,13-17H2,1H3. The summed E-state index contributed by atoms with van der Waals surface area (Å²) in [4.78, 5) is 34.0. The summed E-state index contributed by atoms with van der Waals surface area (Å²) in [7, 11) is 1.28. The first-order valence-corrected chi connectivity index (χ1v) is 12.9. The molecular formula is C30H26F3N3O5. The van der Waals surface area contributed by atoms with E-state index in [1.165, 1.54) is 43.1 Å². The van der Waals surface area contributed by atoms with Gasteiger partial charge in [-0.05, 0) is 54.2 Å². The van der Waals surface area contributed by atoms with Gasteiger partial charge in [0.25, 0.3) is 6.01 Å². The van der Waals surface area contributed by atoms with E-state index in [0.717, 1.165) is 12.8 Å². The third kappa shape index (κ3) is 6.56. The number of ketones is 1. The first-order valence-electron chi connectivity index (χ1n) is 12.9. The van der Waals surface area contributed by atoms with Crippen molar-refractivity contribution in [1.82, 2.24) is 9.97 Å². The Kier molecular flexibility index (Phi) is 8.04. The molecule has 8 nitrogen and oxygen atoms in total. The largest absolute Gasteiger partial charge is 0.465 e. The number of hydrogen-bond donors (Lipinski definition) is 0. The average Bonchev–Trinajstić information content (AvgIpc) is 3.46. The number of carbonyl (C=O) groups is 2. The van der Waals surface area contributed by atoms with Crippen LogP contribution in [0.2, 0.25) is 0 Å². The molecule has 4 aromatic rings. The number of piperidine rings is 1. The number of anilines is 1. The normalized spacial score (nSPS) is 14.1. The molecule has 3 heterocycles. The predicted molar refractivity (Wildman–Crippen MR) is 142 cm³/mol. The number of benzene rings is 2. The summed E-state index contributed by atoms with van der Waals surface area (Å²) in [6.07, 6.45) is -2.42. The van der Waals surface area contributed by atoms with Gasteiger partial charge in [-0.1, -0.05) is 36.4 Å². The van der Waals surface area contributed by atoms with E-state index < -0.39 is 29.4 Å². The maximum atomic E-state index is 13.8. The molecule has 1 aliphatic heterocycles. The molecule has 5 rings (SSSR count). The minimum absolute atomic E-state index is 0.198. The van der Waals surface area contributed by atoms with Crippen LogP contribution in [-0.4, -0.2) is 41.9 Å². The zero-order chi connectivity index (χ0) is 29.0. The fraction of sp³-hybridized carbons (Fsp3) is 0.267. The van der Waals surface area contributed by atoms with Crippen molar-refractivity contribution in [2.75, 3.05) is 25.1 Å². The first-order chi connectivity index (χ1) is 19.7.